The first-order chi connectivity index (χ1) is 17.7. The molecule has 2 aromatic heterocycles. The van der Waals surface area contributed by atoms with E-state index in [0.29, 0.717) is 6.61 Å². The Morgan fingerprint density at radius 2 is 1.72 bits per heavy atom. The second-order valence-corrected chi connectivity index (χ2v) is 9.47. The molecule has 0 unspecified atom stereocenters. The minimum Gasteiger partial charge on any atom is -0.488 e. The van der Waals surface area contributed by atoms with Crippen LogP contribution < -0.4 is 15.4 Å². The van der Waals surface area contributed by atoms with Crippen molar-refractivity contribution in [2.45, 2.75) is 46.4 Å². The average Bonchev–Trinajstić information content (AvgIpc) is 3.55. The number of nitrogens with one attached hydrogen (secondary N) is 4. The highest BCUT2D eigenvalue weighted by atomic mass is 16.5. The summed E-state index contributed by atoms with van der Waals surface area (Å²) in [6.07, 6.45) is 4.13. The van der Waals surface area contributed by atoms with E-state index in [1.54, 1.807) is 0 Å². The van der Waals surface area contributed by atoms with Gasteiger partial charge in [0.05, 0.1) is 36.0 Å². The highest BCUT2D eigenvalue weighted by molar-refractivity contribution is 6.07. The molecule has 1 aliphatic heterocycles. The standard InChI is InChI=1S/C29H32N6O/c1-3-9-30-15-27-32-14-25(34-27)19-5-7-21-20(11-19)17-36-26-13-22-18(12-23(21)26)6-8-24-29(22)35-28(33-24)16-31-10-4-2/h5-8,11-14,30-31H,3-4,9-10,15-17H2,1-2H3,(H,32,34)(H,33,35). The second-order valence-electron chi connectivity index (χ2n) is 9.47. The van der Waals surface area contributed by atoms with Crippen molar-refractivity contribution < 1.29 is 4.74 Å². The van der Waals surface area contributed by atoms with E-state index in [1.807, 2.05) is 6.20 Å². The molecule has 0 saturated carbocycles. The fourth-order valence-corrected chi connectivity index (χ4v) is 4.96. The van der Waals surface area contributed by atoms with Crippen molar-refractivity contribution >= 4 is 21.8 Å². The summed E-state index contributed by atoms with van der Waals surface area (Å²) in [6, 6.07) is 15.3. The van der Waals surface area contributed by atoms with Crippen LogP contribution in [0.3, 0.4) is 0 Å². The quantitative estimate of drug-likeness (QED) is 0.204. The van der Waals surface area contributed by atoms with Crippen LogP contribution in [0, 0.1) is 0 Å². The molecule has 184 valence electrons. The van der Waals surface area contributed by atoms with Crippen molar-refractivity contribution in [2.24, 2.45) is 0 Å². The smallest absolute Gasteiger partial charge is 0.128 e. The van der Waals surface area contributed by atoms with Crippen LogP contribution in [0.1, 0.15) is 43.9 Å². The molecule has 0 fully saturated rings. The van der Waals surface area contributed by atoms with Crippen LogP contribution in [0.4, 0.5) is 0 Å². The van der Waals surface area contributed by atoms with Crippen LogP contribution in [0.25, 0.3) is 44.2 Å². The normalized spacial score (nSPS) is 12.6. The minimum atomic E-state index is 0.547. The van der Waals surface area contributed by atoms with Gasteiger partial charge < -0.3 is 25.3 Å². The Bertz CT molecular complexity index is 1530. The fourth-order valence-electron chi connectivity index (χ4n) is 4.96. The van der Waals surface area contributed by atoms with Gasteiger partial charge in [0.25, 0.3) is 0 Å². The van der Waals surface area contributed by atoms with Crippen LogP contribution in [0.2, 0.25) is 0 Å². The zero-order valence-corrected chi connectivity index (χ0v) is 20.9. The predicted molar refractivity (Wildman–Crippen MR) is 145 cm³/mol. The van der Waals surface area contributed by atoms with E-state index in [4.69, 9.17) is 9.72 Å². The van der Waals surface area contributed by atoms with Gasteiger partial charge in [-0.05, 0) is 72.3 Å². The molecule has 3 aromatic carbocycles. The Balaban J connectivity index is 1.31. The molecule has 0 amide bonds. The summed E-state index contributed by atoms with van der Waals surface area (Å²) in [7, 11) is 0. The van der Waals surface area contributed by atoms with Crippen molar-refractivity contribution in [3.63, 3.8) is 0 Å². The van der Waals surface area contributed by atoms with E-state index in [0.717, 1.165) is 89.7 Å². The van der Waals surface area contributed by atoms with Crippen LogP contribution in [-0.2, 0) is 19.7 Å². The van der Waals surface area contributed by atoms with E-state index in [2.05, 4.69) is 81.9 Å². The van der Waals surface area contributed by atoms with E-state index in [1.165, 1.54) is 16.5 Å². The molecule has 7 nitrogen and oxygen atoms in total. The first-order valence-corrected chi connectivity index (χ1v) is 12.9. The number of H-pyrrole nitrogens is 2. The third-order valence-electron chi connectivity index (χ3n) is 6.78. The van der Waals surface area contributed by atoms with Gasteiger partial charge in [0, 0.05) is 10.9 Å². The third-order valence-corrected chi connectivity index (χ3v) is 6.78. The zero-order valence-electron chi connectivity index (χ0n) is 20.9. The second kappa shape index (κ2) is 9.76. The van der Waals surface area contributed by atoms with Crippen molar-refractivity contribution in [3.05, 3.63) is 65.9 Å². The van der Waals surface area contributed by atoms with Gasteiger partial charge in [-0.25, -0.2) is 9.97 Å². The van der Waals surface area contributed by atoms with Crippen LogP contribution in [0.15, 0.2) is 48.7 Å². The SMILES string of the molecule is CCCNCc1ncc(-c2ccc3c(c2)COc2cc4c(ccc5nc(CNCCC)[nH]c54)cc2-3)[nH]1. The van der Waals surface area contributed by atoms with E-state index in [9.17, 15) is 0 Å². The number of benzene rings is 3. The molecular formula is C29H32N6O. The molecule has 5 aromatic rings. The van der Waals surface area contributed by atoms with E-state index < -0.39 is 0 Å². The van der Waals surface area contributed by atoms with Crippen LogP contribution in [0.5, 0.6) is 5.75 Å². The van der Waals surface area contributed by atoms with Gasteiger partial charge in [-0.3, -0.25) is 0 Å². The molecule has 6 rings (SSSR count). The van der Waals surface area contributed by atoms with E-state index >= 15 is 0 Å². The Labute approximate surface area is 210 Å². The van der Waals surface area contributed by atoms with Crippen LogP contribution >= 0.6 is 0 Å². The van der Waals surface area contributed by atoms with Gasteiger partial charge in [-0.1, -0.05) is 32.0 Å². The number of rotatable bonds is 9. The summed E-state index contributed by atoms with van der Waals surface area (Å²) in [5, 5.41) is 9.13. The summed E-state index contributed by atoms with van der Waals surface area (Å²) >= 11 is 0. The lowest BCUT2D eigenvalue weighted by atomic mass is 9.92. The molecule has 36 heavy (non-hydrogen) atoms. The lowest BCUT2D eigenvalue weighted by Gasteiger charge is -2.22. The van der Waals surface area contributed by atoms with Crippen molar-refractivity contribution in [1.82, 2.24) is 30.6 Å². The molecule has 0 radical (unpaired) electrons. The van der Waals surface area contributed by atoms with Crippen molar-refractivity contribution in [2.75, 3.05) is 13.1 Å². The molecule has 7 heteroatoms. The number of hydrogen-bond acceptors (Lipinski definition) is 5. The molecule has 0 aliphatic carbocycles. The molecule has 4 N–H and O–H groups in total. The Kier molecular flexibility index (Phi) is 6.17. The monoisotopic (exact) mass is 480 g/mol. The molecule has 0 bridgehead atoms. The van der Waals surface area contributed by atoms with Crippen LogP contribution in [-0.4, -0.2) is 33.0 Å². The maximum Gasteiger partial charge on any atom is 0.128 e. The number of imidazole rings is 2. The van der Waals surface area contributed by atoms with Crippen molar-refractivity contribution in [1.29, 1.82) is 0 Å². The number of nitrogens with zero attached hydrogens (tertiary/aromatic N) is 2. The number of aromatic amines is 2. The lowest BCUT2D eigenvalue weighted by molar-refractivity contribution is 0.303. The fraction of sp³-hybridized carbons (Fsp3) is 0.310. The van der Waals surface area contributed by atoms with Gasteiger partial charge in [0.2, 0.25) is 0 Å². The van der Waals surface area contributed by atoms with Gasteiger partial charge in [-0.2, -0.15) is 0 Å². The summed E-state index contributed by atoms with van der Waals surface area (Å²) in [5.74, 6) is 2.84. The van der Waals surface area contributed by atoms with Gasteiger partial charge in [-0.15, -0.1) is 0 Å². The Morgan fingerprint density at radius 1 is 0.889 bits per heavy atom. The summed E-state index contributed by atoms with van der Waals surface area (Å²) in [6.45, 7) is 8.35. The number of aromatic nitrogens is 4. The zero-order chi connectivity index (χ0) is 24.5. The summed E-state index contributed by atoms with van der Waals surface area (Å²) in [4.78, 5) is 16.3. The van der Waals surface area contributed by atoms with Gasteiger partial charge >= 0.3 is 0 Å². The summed E-state index contributed by atoms with van der Waals surface area (Å²) < 4.78 is 6.27. The Hall–Kier alpha value is -3.68. The minimum absolute atomic E-state index is 0.547. The lowest BCUT2D eigenvalue weighted by Crippen LogP contribution is -2.14. The average molecular weight is 481 g/mol. The maximum absolute atomic E-state index is 6.27. The topological polar surface area (TPSA) is 90.7 Å². The van der Waals surface area contributed by atoms with E-state index in [-0.39, 0.29) is 0 Å². The molecule has 1 aliphatic rings. The van der Waals surface area contributed by atoms with Gasteiger partial charge in [0.15, 0.2) is 0 Å². The first-order valence-electron chi connectivity index (χ1n) is 12.9. The molecule has 3 heterocycles. The molecule has 0 spiro atoms. The number of ether oxygens (including phenoxy) is 1. The molecule has 0 atom stereocenters. The summed E-state index contributed by atoms with van der Waals surface area (Å²) in [5.41, 5.74) is 7.75. The number of hydrogen-bond donors (Lipinski definition) is 4. The Morgan fingerprint density at radius 3 is 2.56 bits per heavy atom. The third kappa shape index (κ3) is 4.25. The first kappa shape index (κ1) is 22.8. The largest absolute Gasteiger partial charge is 0.488 e. The highest BCUT2D eigenvalue weighted by Crippen LogP contribution is 2.42. The van der Waals surface area contributed by atoms with Crippen molar-refractivity contribution in [3.8, 4) is 28.1 Å². The molecule has 0 saturated heterocycles. The highest BCUT2D eigenvalue weighted by Gasteiger charge is 2.20. The number of fused-ring (bicyclic) bond motifs is 6. The maximum atomic E-state index is 6.27. The molecular weight excluding hydrogens is 448 g/mol. The van der Waals surface area contributed by atoms with Gasteiger partial charge in [0.1, 0.15) is 24.0 Å². The predicted octanol–water partition coefficient (Wildman–Crippen LogP) is 5.66.